The maximum absolute atomic E-state index is 13.3. The van der Waals surface area contributed by atoms with E-state index in [1.165, 1.54) is 11.8 Å². The van der Waals surface area contributed by atoms with Crippen LogP contribution in [0.2, 0.25) is 0 Å². The summed E-state index contributed by atoms with van der Waals surface area (Å²) in [6.07, 6.45) is 2.05. The van der Waals surface area contributed by atoms with Crippen molar-refractivity contribution < 1.29 is 4.39 Å². The second kappa shape index (κ2) is 5.04. The fourth-order valence-corrected chi connectivity index (χ4v) is 1.90. The van der Waals surface area contributed by atoms with Gasteiger partial charge in [-0.1, -0.05) is 6.07 Å². The molecule has 0 aliphatic heterocycles. The molecular formula is C14H17FN2. The van der Waals surface area contributed by atoms with Gasteiger partial charge in [-0.25, -0.2) is 4.39 Å². The quantitative estimate of drug-likeness (QED) is 0.852. The summed E-state index contributed by atoms with van der Waals surface area (Å²) in [7, 11) is 0. The van der Waals surface area contributed by atoms with Crippen LogP contribution in [0.5, 0.6) is 0 Å². The van der Waals surface area contributed by atoms with Crippen molar-refractivity contribution in [3.8, 4) is 0 Å². The molecule has 17 heavy (non-hydrogen) atoms. The topological polar surface area (TPSA) is 17.0 Å². The maximum atomic E-state index is 13.3. The van der Waals surface area contributed by atoms with Crippen LogP contribution >= 0.6 is 0 Å². The van der Waals surface area contributed by atoms with Gasteiger partial charge in [0.1, 0.15) is 5.82 Å². The Morgan fingerprint density at radius 3 is 2.82 bits per heavy atom. The van der Waals surface area contributed by atoms with E-state index in [1.54, 1.807) is 13.0 Å². The van der Waals surface area contributed by atoms with Crippen molar-refractivity contribution in [1.29, 1.82) is 0 Å². The number of hydrogen-bond acceptors (Lipinski definition) is 1. The van der Waals surface area contributed by atoms with Crippen LogP contribution in [0.3, 0.4) is 0 Å². The van der Waals surface area contributed by atoms with Crippen LogP contribution in [0, 0.1) is 12.7 Å². The second-order valence-corrected chi connectivity index (χ2v) is 4.05. The van der Waals surface area contributed by atoms with E-state index < -0.39 is 0 Å². The van der Waals surface area contributed by atoms with E-state index in [0.29, 0.717) is 12.1 Å². The predicted octanol–water partition coefficient (Wildman–Crippen LogP) is 3.57. The molecule has 0 bridgehead atoms. The summed E-state index contributed by atoms with van der Waals surface area (Å²) in [6.45, 7) is 5.56. The third-order valence-corrected chi connectivity index (χ3v) is 2.99. The minimum absolute atomic E-state index is 0.166. The Labute approximate surface area is 101 Å². The van der Waals surface area contributed by atoms with Gasteiger partial charge in [-0.3, -0.25) is 0 Å². The molecule has 2 nitrogen and oxygen atoms in total. The zero-order chi connectivity index (χ0) is 12.3. The number of nitrogens with zero attached hydrogens (tertiary/aromatic N) is 1. The standard InChI is InChI=1S/C14H17FN2/c1-3-17-9-5-6-12(17)10-16-14-8-4-7-13(15)11(14)2/h4-9,16H,3,10H2,1-2H3. The van der Waals surface area contributed by atoms with E-state index in [4.69, 9.17) is 0 Å². The Morgan fingerprint density at radius 2 is 2.06 bits per heavy atom. The van der Waals surface area contributed by atoms with Gasteiger partial charge < -0.3 is 9.88 Å². The highest BCUT2D eigenvalue weighted by Crippen LogP contribution is 2.18. The van der Waals surface area contributed by atoms with Crippen LogP contribution in [0.25, 0.3) is 0 Å². The molecule has 0 atom stereocenters. The predicted molar refractivity (Wildman–Crippen MR) is 68.6 cm³/mol. The summed E-state index contributed by atoms with van der Waals surface area (Å²) < 4.78 is 15.5. The lowest BCUT2D eigenvalue weighted by molar-refractivity contribution is 0.619. The minimum atomic E-state index is -0.166. The van der Waals surface area contributed by atoms with E-state index in [-0.39, 0.29) is 5.82 Å². The number of aryl methyl sites for hydroxylation is 1. The summed E-state index contributed by atoms with van der Waals surface area (Å²) in [5.74, 6) is -0.166. The van der Waals surface area contributed by atoms with Crippen molar-refractivity contribution in [2.75, 3.05) is 5.32 Å². The number of hydrogen-bond donors (Lipinski definition) is 1. The largest absolute Gasteiger partial charge is 0.379 e. The molecule has 0 saturated heterocycles. The third-order valence-electron chi connectivity index (χ3n) is 2.99. The molecule has 0 aliphatic rings. The molecule has 0 aliphatic carbocycles. The lowest BCUT2D eigenvalue weighted by atomic mass is 10.2. The zero-order valence-corrected chi connectivity index (χ0v) is 10.2. The molecular weight excluding hydrogens is 215 g/mol. The molecule has 0 radical (unpaired) electrons. The Morgan fingerprint density at radius 1 is 1.24 bits per heavy atom. The van der Waals surface area contributed by atoms with Gasteiger partial charge >= 0.3 is 0 Å². The first kappa shape index (κ1) is 11.7. The molecule has 2 aromatic rings. The second-order valence-electron chi connectivity index (χ2n) is 4.05. The maximum Gasteiger partial charge on any atom is 0.128 e. The van der Waals surface area contributed by atoms with Crippen LogP contribution < -0.4 is 5.32 Å². The molecule has 0 spiro atoms. The van der Waals surface area contributed by atoms with Crippen molar-refractivity contribution in [2.45, 2.75) is 26.9 Å². The molecule has 3 heteroatoms. The van der Waals surface area contributed by atoms with Gasteiger partial charge in [0.05, 0.1) is 6.54 Å². The monoisotopic (exact) mass is 232 g/mol. The number of benzene rings is 1. The molecule has 90 valence electrons. The van der Waals surface area contributed by atoms with Crippen molar-refractivity contribution >= 4 is 5.69 Å². The molecule has 2 rings (SSSR count). The van der Waals surface area contributed by atoms with E-state index >= 15 is 0 Å². The smallest absolute Gasteiger partial charge is 0.128 e. The number of anilines is 1. The van der Waals surface area contributed by atoms with Crippen molar-refractivity contribution in [3.63, 3.8) is 0 Å². The highest BCUT2D eigenvalue weighted by Gasteiger charge is 2.04. The average Bonchev–Trinajstić information content (AvgIpc) is 2.78. The molecule has 1 aromatic heterocycles. The van der Waals surface area contributed by atoms with Gasteiger partial charge in [0, 0.05) is 29.7 Å². The minimum Gasteiger partial charge on any atom is -0.379 e. The Hall–Kier alpha value is -1.77. The van der Waals surface area contributed by atoms with Gasteiger partial charge in [-0.2, -0.15) is 0 Å². The van der Waals surface area contributed by atoms with Crippen LogP contribution in [-0.2, 0) is 13.1 Å². The number of nitrogens with one attached hydrogen (secondary N) is 1. The first-order valence-corrected chi connectivity index (χ1v) is 5.85. The molecule has 1 aromatic carbocycles. The summed E-state index contributed by atoms with van der Waals surface area (Å²) in [6, 6.07) is 9.21. The number of aromatic nitrogens is 1. The molecule has 0 fully saturated rings. The van der Waals surface area contributed by atoms with Gasteiger partial charge in [-0.05, 0) is 38.1 Å². The van der Waals surface area contributed by atoms with Crippen LogP contribution in [0.15, 0.2) is 36.5 Å². The van der Waals surface area contributed by atoms with Crippen LogP contribution in [-0.4, -0.2) is 4.57 Å². The summed E-state index contributed by atoms with van der Waals surface area (Å²) >= 11 is 0. The molecule has 1 heterocycles. The Kier molecular flexibility index (Phi) is 3.47. The lowest BCUT2D eigenvalue weighted by Crippen LogP contribution is -2.07. The van der Waals surface area contributed by atoms with Crippen molar-refractivity contribution in [3.05, 3.63) is 53.6 Å². The SMILES string of the molecule is CCn1cccc1CNc1cccc(F)c1C. The van der Waals surface area contributed by atoms with E-state index in [2.05, 4.69) is 29.1 Å². The van der Waals surface area contributed by atoms with Gasteiger partial charge in [0.2, 0.25) is 0 Å². The zero-order valence-electron chi connectivity index (χ0n) is 10.2. The normalized spacial score (nSPS) is 10.5. The average molecular weight is 232 g/mol. The fourth-order valence-electron chi connectivity index (χ4n) is 1.90. The third kappa shape index (κ3) is 2.49. The van der Waals surface area contributed by atoms with Crippen molar-refractivity contribution in [2.24, 2.45) is 0 Å². The highest BCUT2D eigenvalue weighted by atomic mass is 19.1. The van der Waals surface area contributed by atoms with Crippen LogP contribution in [0.1, 0.15) is 18.2 Å². The first-order chi connectivity index (χ1) is 8.22. The Bertz CT molecular complexity index is 503. The van der Waals surface area contributed by atoms with E-state index in [0.717, 1.165) is 12.2 Å². The van der Waals surface area contributed by atoms with Crippen LogP contribution in [0.4, 0.5) is 10.1 Å². The molecule has 0 unspecified atom stereocenters. The summed E-state index contributed by atoms with van der Waals surface area (Å²) in [4.78, 5) is 0. The Balaban J connectivity index is 2.10. The molecule has 1 N–H and O–H groups in total. The lowest BCUT2D eigenvalue weighted by Gasteiger charge is -2.11. The number of rotatable bonds is 4. The summed E-state index contributed by atoms with van der Waals surface area (Å²) in [5, 5.41) is 3.27. The van der Waals surface area contributed by atoms with Gasteiger partial charge in [-0.15, -0.1) is 0 Å². The number of halogens is 1. The van der Waals surface area contributed by atoms with Crippen molar-refractivity contribution in [1.82, 2.24) is 4.57 Å². The van der Waals surface area contributed by atoms with Gasteiger partial charge in [0.25, 0.3) is 0 Å². The van der Waals surface area contributed by atoms with Gasteiger partial charge in [0.15, 0.2) is 0 Å². The first-order valence-electron chi connectivity index (χ1n) is 5.85. The molecule has 0 saturated carbocycles. The highest BCUT2D eigenvalue weighted by molar-refractivity contribution is 5.51. The fraction of sp³-hybridized carbons (Fsp3) is 0.286. The van der Waals surface area contributed by atoms with E-state index in [9.17, 15) is 4.39 Å². The van der Waals surface area contributed by atoms with E-state index in [1.807, 2.05) is 12.1 Å². The summed E-state index contributed by atoms with van der Waals surface area (Å²) in [5.41, 5.74) is 2.73. The molecule has 0 amide bonds.